The van der Waals surface area contributed by atoms with Crippen molar-refractivity contribution in [2.24, 2.45) is 11.8 Å². The molecule has 374 valence electrons. The van der Waals surface area contributed by atoms with Gasteiger partial charge >= 0.3 is 29.8 Å². The molecule has 0 heterocycles. The van der Waals surface area contributed by atoms with Crippen LogP contribution in [0, 0.1) is 11.8 Å². The van der Waals surface area contributed by atoms with E-state index in [2.05, 4.69) is 32.2 Å². The maximum atomic E-state index is 13.7. The summed E-state index contributed by atoms with van der Waals surface area (Å²) in [5, 5.41) is 0. The number of esters is 5. The predicted molar refractivity (Wildman–Crippen MR) is 268 cm³/mol. The Morgan fingerprint density at radius 3 is 1.70 bits per heavy atom. The van der Waals surface area contributed by atoms with Crippen molar-refractivity contribution < 1.29 is 52.4 Å². The molecule has 2 fully saturated rings. The number of hydrogen-bond donors (Lipinski definition) is 0. The topological polar surface area (TPSA) is 141 Å². The first-order valence-electron chi connectivity index (χ1n) is 25.8. The Morgan fingerprint density at radius 1 is 0.551 bits per heavy atom. The second-order valence-corrected chi connectivity index (χ2v) is 18.7. The van der Waals surface area contributed by atoms with Gasteiger partial charge in [-0.2, -0.15) is 0 Å². The summed E-state index contributed by atoms with van der Waals surface area (Å²) in [6.45, 7) is 10.4. The van der Waals surface area contributed by atoms with Gasteiger partial charge in [0.15, 0.2) is 0 Å². The molecule has 0 aromatic heterocycles. The summed E-state index contributed by atoms with van der Waals surface area (Å²) in [5.74, 6) is 0.175. The lowest BCUT2D eigenvalue weighted by Gasteiger charge is -2.29. The monoisotopic (exact) mass is 949 g/mol. The van der Waals surface area contributed by atoms with Gasteiger partial charge in [0.2, 0.25) is 0 Å². The number of unbranched alkanes of at least 4 members (excludes halogenated alkanes) is 8. The van der Waals surface area contributed by atoms with Gasteiger partial charge in [-0.15, -0.1) is 0 Å². The molecule has 0 atom stereocenters. The number of carbonyl (C=O) groups excluding carboxylic acids is 5. The van der Waals surface area contributed by atoms with Crippen LogP contribution in [-0.4, -0.2) is 62.4 Å². The van der Waals surface area contributed by atoms with Gasteiger partial charge in [-0.25, -0.2) is 24.0 Å². The normalized spacial score (nSPS) is 17.8. The first kappa shape index (κ1) is 54.2. The lowest BCUT2D eigenvalue weighted by molar-refractivity contribution is -0.138. The minimum absolute atomic E-state index is 0.103. The summed E-state index contributed by atoms with van der Waals surface area (Å²) < 4.78 is 33.4. The molecule has 0 spiro atoms. The van der Waals surface area contributed by atoms with Gasteiger partial charge in [0, 0.05) is 12.2 Å². The molecule has 0 aliphatic heterocycles. The molecular formula is C58H76O11. The SMILES string of the molecule is C=CC(=O)OCCCCCCOC(=O)c1cc(C2CCC(OC(=O)c3ccc(CCC4CCC(CCCCC)CC4)cc3)CC2)ccc1OC(=O)c1ccc(OCCCCCCOC(=O)C=C)cc1. The van der Waals surface area contributed by atoms with E-state index in [9.17, 15) is 24.0 Å². The van der Waals surface area contributed by atoms with Crippen molar-refractivity contribution in [3.63, 3.8) is 0 Å². The van der Waals surface area contributed by atoms with Crippen molar-refractivity contribution >= 4 is 29.8 Å². The minimum Gasteiger partial charge on any atom is -0.494 e. The van der Waals surface area contributed by atoms with Crippen molar-refractivity contribution in [3.05, 3.63) is 120 Å². The average molecular weight is 949 g/mol. The lowest BCUT2D eigenvalue weighted by atomic mass is 9.78. The summed E-state index contributed by atoms with van der Waals surface area (Å²) in [6, 6.07) is 19.9. The quantitative estimate of drug-likeness (QED) is 0.0207. The van der Waals surface area contributed by atoms with Crippen LogP contribution < -0.4 is 9.47 Å². The fourth-order valence-corrected chi connectivity index (χ4v) is 9.31. The molecule has 11 heteroatoms. The highest BCUT2D eigenvalue weighted by atomic mass is 16.6. The molecule has 3 aromatic rings. The molecule has 11 nitrogen and oxygen atoms in total. The Hall–Kier alpha value is -5.71. The van der Waals surface area contributed by atoms with Crippen molar-refractivity contribution in [2.45, 2.75) is 160 Å². The smallest absolute Gasteiger partial charge is 0.343 e. The van der Waals surface area contributed by atoms with Crippen LogP contribution in [0.15, 0.2) is 92.0 Å². The van der Waals surface area contributed by atoms with Gasteiger partial charge in [-0.05, 0) is 167 Å². The number of rotatable bonds is 30. The standard InChI is InChI=1S/C58H76O11/c1-4-7-12-17-43-18-20-44(21-19-43)22-23-45-24-26-47(27-25-45)56(61)68-51-35-28-46(29-36-51)49-32-37-53(52(42-49)58(63)67-41-16-11-10-15-40-66-55(60)6-3)69-57(62)48-30-33-50(34-31-48)64-38-13-8-9-14-39-65-54(59)5-2/h5-6,24-27,30-34,37,42-44,46,51H,2-4,7-23,28-29,35-36,38-41H2,1H3. The van der Waals surface area contributed by atoms with Crippen LogP contribution in [0.3, 0.4) is 0 Å². The number of ether oxygens (including phenoxy) is 6. The first-order valence-corrected chi connectivity index (χ1v) is 25.8. The van der Waals surface area contributed by atoms with Crippen LogP contribution >= 0.6 is 0 Å². The zero-order valence-corrected chi connectivity index (χ0v) is 41.1. The van der Waals surface area contributed by atoms with E-state index >= 15 is 0 Å². The van der Waals surface area contributed by atoms with E-state index < -0.39 is 23.9 Å². The van der Waals surface area contributed by atoms with E-state index in [1.807, 2.05) is 18.2 Å². The third-order valence-electron chi connectivity index (χ3n) is 13.5. The number of hydrogen-bond acceptors (Lipinski definition) is 11. The van der Waals surface area contributed by atoms with E-state index in [1.54, 1.807) is 36.4 Å². The average Bonchev–Trinajstić information content (AvgIpc) is 3.38. The fourth-order valence-electron chi connectivity index (χ4n) is 9.31. The molecule has 0 bridgehead atoms. The molecule has 5 rings (SSSR count). The van der Waals surface area contributed by atoms with E-state index in [1.165, 1.54) is 63.4 Å². The molecule has 0 amide bonds. The van der Waals surface area contributed by atoms with Gasteiger partial charge in [-0.3, -0.25) is 0 Å². The highest BCUT2D eigenvalue weighted by molar-refractivity contribution is 5.96. The molecule has 0 N–H and O–H groups in total. The van der Waals surface area contributed by atoms with Crippen LogP contribution in [0.5, 0.6) is 11.5 Å². The summed E-state index contributed by atoms with van der Waals surface area (Å²) in [4.78, 5) is 62.8. The summed E-state index contributed by atoms with van der Waals surface area (Å²) in [7, 11) is 0. The first-order chi connectivity index (χ1) is 33.6. The third-order valence-corrected chi connectivity index (χ3v) is 13.5. The summed E-state index contributed by atoms with van der Waals surface area (Å²) >= 11 is 0. The molecule has 2 saturated carbocycles. The van der Waals surface area contributed by atoms with Crippen LogP contribution in [-0.2, 0) is 35.0 Å². The van der Waals surface area contributed by atoms with Crippen LogP contribution in [0.1, 0.15) is 190 Å². The molecule has 0 unspecified atom stereocenters. The number of aryl methyl sites for hydroxylation is 1. The predicted octanol–water partition coefficient (Wildman–Crippen LogP) is 13.2. The summed E-state index contributed by atoms with van der Waals surface area (Å²) in [5.41, 5.74) is 3.23. The number of carbonyl (C=O) groups is 5. The van der Waals surface area contributed by atoms with Crippen molar-refractivity contribution in [1.82, 2.24) is 0 Å². The molecule has 0 saturated heterocycles. The summed E-state index contributed by atoms with van der Waals surface area (Å²) in [6.07, 6.45) is 24.4. The lowest BCUT2D eigenvalue weighted by Crippen LogP contribution is -2.24. The van der Waals surface area contributed by atoms with Crippen molar-refractivity contribution in [3.8, 4) is 11.5 Å². The fraction of sp³-hybridized carbons (Fsp3) is 0.534. The zero-order chi connectivity index (χ0) is 49.1. The van der Waals surface area contributed by atoms with Gasteiger partial charge in [0.25, 0.3) is 0 Å². The van der Waals surface area contributed by atoms with Gasteiger partial charge in [-0.1, -0.05) is 89.6 Å². The second kappa shape index (κ2) is 30.7. The molecular weight excluding hydrogens is 873 g/mol. The molecule has 69 heavy (non-hydrogen) atoms. The maximum absolute atomic E-state index is 13.7. The molecule has 2 aliphatic rings. The second-order valence-electron chi connectivity index (χ2n) is 18.7. The van der Waals surface area contributed by atoms with Crippen molar-refractivity contribution in [2.75, 3.05) is 26.4 Å². The van der Waals surface area contributed by atoms with Gasteiger partial charge < -0.3 is 28.4 Å². The Bertz CT molecular complexity index is 2060. The van der Waals surface area contributed by atoms with Crippen LogP contribution in [0.2, 0.25) is 0 Å². The largest absolute Gasteiger partial charge is 0.494 e. The van der Waals surface area contributed by atoms with E-state index in [0.717, 1.165) is 87.3 Å². The van der Waals surface area contributed by atoms with Gasteiger partial charge in [0.1, 0.15) is 23.2 Å². The Morgan fingerprint density at radius 2 is 1.10 bits per heavy atom. The van der Waals surface area contributed by atoms with E-state index in [-0.39, 0.29) is 35.9 Å². The minimum atomic E-state index is -0.625. The highest BCUT2D eigenvalue weighted by Gasteiger charge is 2.28. The van der Waals surface area contributed by atoms with E-state index in [0.29, 0.717) is 62.4 Å². The van der Waals surface area contributed by atoms with Gasteiger partial charge in [0.05, 0.1) is 37.6 Å². The molecule has 0 radical (unpaired) electrons. The Balaban J connectivity index is 1.10. The zero-order valence-electron chi connectivity index (χ0n) is 41.1. The van der Waals surface area contributed by atoms with E-state index in [4.69, 9.17) is 28.4 Å². The van der Waals surface area contributed by atoms with Crippen LogP contribution in [0.25, 0.3) is 0 Å². The Labute approximate surface area is 410 Å². The highest BCUT2D eigenvalue weighted by Crippen LogP contribution is 2.37. The third kappa shape index (κ3) is 19.7. The molecule has 3 aromatic carbocycles. The van der Waals surface area contributed by atoms with Crippen LogP contribution in [0.4, 0.5) is 0 Å². The number of benzene rings is 3. The maximum Gasteiger partial charge on any atom is 0.343 e. The van der Waals surface area contributed by atoms with Crippen molar-refractivity contribution in [1.29, 1.82) is 0 Å². The molecule has 2 aliphatic carbocycles. The Kier molecular flexibility index (Phi) is 24.1.